The lowest BCUT2D eigenvalue weighted by Gasteiger charge is -2.18. The molecule has 0 fully saturated rings. The molecule has 0 saturated heterocycles. The Balaban J connectivity index is 2.08. The van der Waals surface area contributed by atoms with Gasteiger partial charge in [-0.1, -0.05) is 41.9 Å². The average Bonchev–Trinajstić information content (AvgIpc) is 2.44. The van der Waals surface area contributed by atoms with E-state index in [1.807, 2.05) is 30.1 Å². The van der Waals surface area contributed by atoms with Crippen molar-refractivity contribution in [3.63, 3.8) is 0 Å². The second kappa shape index (κ2) is 6.70. The summed E-state index contributed by atoms with van der Waals surface area (Å²) in [5, 5.41) is 7.58. The zero-order valence-electron chi connectivity index (χ0n) is 11.7. The Bertz CT molecular complexity index is 658. The van der Waals surface area contributed by atoms with Gasteiger partial charge < -0.3 is 5.73 Å². The maximum Gasteiger partial charge on any atom is 0.146 e. The number of amidine groups is 1. The van der Waals surface area contributed by atoms with Gasteiger partial charge in [-0.25, -0.2) is 4.39 Å². The molecule has 21 heavy (non-hydrogen) atoms. The molecule has 0 saturated carbocycles. The lowest BCUT2D eigenvalue weighted by Crippen LogP contribution is -2.19. The van der Waals surface area contributed by atoms with Crippen molar-refractivity contribution in [1.29, 1.82) is 5.41 Å². The third-order valence-electron chi connectivity index (χ3n) is 3.16. The van der Waals surface area contributed by atoms with Gasteiger partial charge >= 0.3 is 0 Å². The fourth-order valence-corrected chi connectivity index (χ4v) is 2.36. The van der Waals surface area contributed by atoms with Crippen molar-refractivity contribution >= 4 is 17.4 Å². The van der Waals surface area contributed by atoms with Crippen LogP contribution in [0.25, 0.3) is 0 Å². The molecule has 0 aliphatic rings. The highest BCUT2D eigenvalue weighted by atomic mass is 35.5. The molecule has 2 aromatic carbocycles. The number of halogens is 2. The maximum atomic E-state index is 13.9. The predicted molar refractivity (Wildman–Crippen MR) is 84.0 cm³/mol. The summed E-state index contributed by atoms with van der Waals surface area (Å²) in [5.41, 5.74) is 7.75. The van der Waals surface area contributed by atoms with Crippen molar-refractivity contribution in [2.45, 2.75) is 13.1 Å². The molecule has 0 atom stereocenters. The fraction of sp³-hybridized carbons (Fsp3) is 0.188. The van der Waals surface area contributed by atoms with E-state index in [4.69, 9.17) is 22.7 Å². The average molecular weight is 306 g/mol. The molecule has 110 valence electrons. The molecule has 0 radical (unpaired) electrons. The van der Waals surface area contributed by atoms with Crippen LogP contribution in [0.2, 0.25) is 5.02 Å². The van der Waals surface area contributed by atoms with E-state index in [-0.39, 0.29) is 16.7 Å². The smallest absolute Gasteiger partial charge is 0.146 e. The van der Waals surface area contributed by atoms with Crippen LogP contribution in [-0.2, 0) is 13.1 Å². The van der Waals surface area contributed by atoms with E-state index in [1.54, 1.807) is 18.2 Å². The van der Waals surface area contributed by atoms with E-state index in [0.717, 1.165) is 5.56 Å². The number of nitrogens with two attached hydrogens (primary N) is 1. The van der Waals surface area contributed by atoms with Crippen LogP contribution in [0.1, 0.15) is 16.7 Å². The van der Waals surface area contributed by atoms with Gasteiger partial charge in [-0.2, -0.15) is 0 Å². The van der Waals surface area contributed by atoms with E-state index in [0.29, 0.717) is 24.2 Å². The summed E-state index contributed by atoms with van der Waals surface area (Å²) in [6.07, 6.45) is 0. The minimum Gasteiger partial charge on any atom is -0.384 e. The Labute approximate surface area is 128 Å². The Morgan fingerprint density at radius 1 is 1.24 bits per heavy atom. The molecule has 5 heteroatoms. The first-order valence-corrected chi connectivity index (χ1v) is 6.90. The molecule has 0 unspecified atom stereocenters. The normalized spacial score (nSPS) is 10.9. The predicted octanol–water partition coefficient (Wildman–Crippen LogP) is 3.40. The molecule has 0 aromatic heterocycles. The largest absolute Gasteiger partial charge is 0.384 e. The third-order valence-corrected chi connectivity index (χ3v) is 3.45. The van der Waals surface area contributed by atoms with Crippen molar-refractivity contribution in [2.75, 3.05) is 7.05 Å². The van der Waals surface area contributed by atoms with E-state index in [9.17, 15) is 4.39 Å². The topological polar surface area (TPSA) is 53.1 Å². The van der Waals surface area contributed by atoms with Crippen LogP contribution in [0.15, 0.2) is 42.5 Å². The van der Waals surface area contributed by atoms with E-state index in [1.165, 1.54) is 6.07 Å². The third kappa shape index (κ3) is 4.03. The Kier molecular flexibility index (Phi) is 4.94. The van der Waals surface area contributed by atoms with Crippen molar-refractivity contribution in [2.24, 2.45) is 5.73 Å². The fourth-order valence-electron chi connectivity index (χ4n) is 2.17. The molecular formula is C16H17ClFN3. The standard InChI is InChI=1S/C16H17ClFN3/c1-21(10-13-6-3-7-14(17)15(13)18)9-11-4-2-5-12(8-11)16(19)20/h2-8H,9-10H2,1H3,(H3,19,20). The van der Waals surface area contributed by atoms with Crippen molar-refractivity contribution in [1.82, 2.24) is 4.90 Å². The summed E-state index contributed by atoms with van der Waals surface area (Å²) in [6, 6.07) is 12.5. The molecule has 0 aliphatic heterocycles. The van der Waals surface area contributed by atoms with Gasteiger partial charge in [-0.15, -0.1) is 0 Å². The van der Waals surface area contributed by atoms with Crippen molar-refractivity contribution in [3.05, 3.63) is 70.0 Å². The highest BCUT2D eigenvalue weighted by Gasteiger charge is 2.09. The highest BCUT2D eigenvalue weighted by molar-refractivity contribution is 6.30. The molecular weight excluding hydrogens is 289 g/mol. The first-order chi connectivity index (χ1) is 9.97. The van der Waals surface area contributed by atoms with Gasteiger partial charge in [-0.3, -0.25) is 10.3 Å². The van der Waals surface area contributed by atoms with Crippen LogP contribution >= 0.6 is 11.6 Å². The van der Waals surface area contributed by atoms with Gasteiger partial charge in [0.05, 0.1) is 5.02 Å². The van der Waals surface area contributed by atoms with Crippen LogP contribution in [0.5, 0.6) is 0 Å². The number of nitrogens with one attached hydrogen (secondary N) is 1. The van der Waals surface area contributed by atoms with Gasteiger partial charge in [0.1, 0.15) is 11.7 Å². The van der Waals surface area contributed by atoms with Crippen LogP contribution in [-0.4, -0.2) is 17.8 Å². The summed E-state index contributed by atoms with van der Waals surface area (Å²) in [5.74, 6) is -0.330. The van der Waals surface area contributed by atoms with Crippen LogP contribution < -0.4 is 5.73 Å². The summed E-state index contributed by atoms with van der Waals surface area (Å²) >= 11 is 5.78. The monoisotopic (exact) mass is 305 g/mol. The van der Waals surface area contributed by atoms with Crippen molar-refractivity contribution in [3.8, 4) is 0 Å². The van der Waals surface area contributed by atoms with Gasteiger partial charge in [0.15, 0.2) is 0 Å². The summed E-state index contributed by atoms with van der Waals surface area (Å²) in [7, 11) is 1.90. The molecule has 0 aliphatic carbocycles. The summed E-state index contributed by atoms with van der Waals surface area (Å²) in [4.78, 5) is 1.98. The summed E-state index contributed by atoms with van der Waals surface area (Å²) < 4.78 is 13.9. The van der Waals surface area contributed by atoms with E-state index in [2.05, 4.69) is 0 Å². The first kappa shape index (κ1) is 15.5. The minimum atomic E-state index is -0.372. The molecule has 0 amide bonds. The quantitative estimate of drug-likeness (QED) is 0.657. The molecule has 2 aromatic rings. The number of nitrogen functional groups attached to an aromatic ring is 1. The number of rotatable bonds is 5. The number of nitrogens with zero attached hydrogens (tertiary/aromatic N) is 1. The molecule has 0 bridgehead atoms. The van der Waals surface area contributed by atoms with E-state index >= 15 is 0 Å². The van der Waals surface area contributed by atoms with Crippen LogP contribution in [0.3, 0.4) is 0 Å². The number of hydrogen-bond donors (Lipinski definition) is 2. The number of benzene rings is 2. The van der Waals surface area contributed by atoms with Crippen LogP contribution in [0, 0.1) is 11.2 Å². The Morgan fingerprint density at radius 3 is 2.67 bits per heavy atom. The zero-order chi connectivity index (χ0) is 15.4. The first-order valence-electron chi connectivity index (χ1n) is 6.52. The van der Waals surface area contributed by atoms with Gasteiger partial charge in [0, 0.05) is 24.2 Å². The molecule has 3 N–H and O–H groups in total. The van der Waals surface area contributed by atoms with E-state index < -0.39 is 0 Å². The maximum absolute atomic E-state index is 13.9. The molecule has 2 rings (SSSR count). The molecule has 0 heterocycles. The van der Waals surface area contributed by atoms with Gasteiger partial charge in [-0.05, 0) is 24.7 Å². The van der Waals surface area contributed by atoms with Gasteiger partial charge in [0.25, 0.3) is 0 Å². The van der Waals surface area contributed by atoms with Crippen LogP contribution in [0.4, 0.5) is 4.39 Å². The zero-order valence-corrected chi connectivity index (χ0v) is 12.5. The highest BCUT2D eigenvalue weighted by Crippen LogP contribution is 2.19. The Morgan fingerprint density at radius 2 is 1.95 bits per heavy atom. The molecule has 3 nitrogen and oxygen atoms in total. The second-order valence-corrected chi connectivity index (χ2v) is 5.41. The lowest BCUT2D eigenvalue weighted by molar-refractivity contribution is 0.313. The Hall–Kier alpha value is -1.91. The second-order valence-electron chi connectivity index (χ2n) is 5.00. The molecule has 0 spiro atoms. The van der Waals surface area contributed by atoms with Gasteiger partial charge in [0.2, 0.25) is 0 Å². The number of hydrogen-bond acceptors (Lipinski definition) is 2. The van der Waals surface area contributed by atoms with Crippen molar-refractivity contribution < 1.29 is 4.39 Å². The lowest BCUT2D eigenvalue weighted by atomic mass is 10.1. The summed E-state index contributed by atoms with van der Waals surface area (Å²) in [6.45, 7) is 1.09. The minimum absolute atomic E-state index is 0.0420. The SMILES string of the molecule is CN(Cc1cccc(C(=N)N)c1)Cc1cccc(Cl)c1F.